The average Bonchev–Trinajstić information content (AvgIpc) is 2.69. The van der Waals surface area contributed by atoms with Crippen molar-refractivity contribution in [1.29, 1.82) is 0 Å². The number of carbonyl (C=O) groups excluding carboxylic acids is 1. The van der Waals surface area contributed by atoms with Gasteiger partial charge in [-0.1, -0.05) is 63.6 Å². The van der Waals surface area contributed by atoms with Gasteiger partial charge in [0, 0.05) is 18.7 Å². The van der Waals surface area contributed by atoms with E-state index in [0.29, 0.717) is 18.7 Å². The van der Waals surface area contributed by atoms with Crippen molar-refractivity contribution in [2.24, 2.45) is 0 Å². The molecule has 0 aliphatic heterocycles. The molecular weight excluding hydrogens is 372 g/mol. The van der Waals surface area contributed by atoms with Gasteiger partial charge in [-0.05, 0) is 36.6 Å². The standard InChI is InChI=1S/C22H30N2O3S/c1-5-11-21(18-12-9-8-10-13-18)23-22(25)20-16-19(15-14-17(20)4)28(26,27)24(6-2)7-3/h8-10,12-16,21H,5-7,11H2,1-4H3,(H,23,25). The number of benzene rings is 2. The monoisotopic (exact) mass is 402 g/mol. The van der Waals surface area contributed by atoms with Gasteiger partial charge < -0.3 is 5.32 Å². The number of nitrogens with one attached hydrogen (secondary N) is 1. The van der Waals surface area contributed by atoms with Gasteiger partial charge in [-0.25, -0.2) is 8.42 Å². The molecule has 0 radical (unpaired) electrons. The molecule has 0 aromatic heterocycles. The van der Waals surface area contributed by atoms with Gasteiger partial charge in [0.2, 0.25) is 10.0 Å². The van der Waals surface area contributed by atoms with Gasteiger partial charge in [-0.2, -0.15) is 4.31 Å². The molecule has 2 rings (SSSR count). The molecule has 2 aromatic carbocycles. The summed E-state index contributed by atoms with van der Waals surface area (Å²) in [6.45, 7) is 8.28. The number of amides is 1. The van der Waals surface area contributed by atoms with Crippen molar-refractivity contribution in [3.8, 4) is 0 Å². The molecule has 0 heterocycles. The van der Waals surface area contributed by atoms with Crippen LogP contribution in [-0.4, -0.2) is 31.7 Å². The number of hydrogen-bond donors (Lipinski definition) is 1. The van der Waals surface area contributed by atoms with Gasteiger partial charge in [0.05, 0.1) is 10.9 Å². The van der Waals surface area contributed by atoms with Crippen molar-refractivity contribution in [3.05, 3.63) is 65.2 Å². The lowest BCUT2D eigenvalue weighted by atomic mass is 10.0. The average molecular weight is 403 g/mol. The summed E-state index contributed by atoms with van der Waals surface area (Å²) in [7, 11) is -3.61. The van der Waals surface area contributed by atoms with Gasteiger partial charge >= 0.3 is 0 Å². The molecule has 1 N–H and O–H groups in total. The predicted octanol–water partition coefficient (Wildman–Crippen LogP) is 4.30. The van der Waals surface area contributed by atoms with Crippen LogP contribution in [0.2, 0.25) is 0 Å². The van der Waals surface area contributed by atoms with Crippen LogP contribution in [-0.2, 0) is 10.0 Å². The first-order valence-electron chi connectivity index (χ1n) is 9.81. The van der Waals surface area contributed by atoms with Crippen molar-refractivity contribution < 1.29 is 13.2 Å². The lowest BCUT2D eigenvalue weighted by Crippen LogP contribution is -2.32. The largest absolute Gasteiger partial charge is 0.345 e. The fourth-order valence-electron chi connectivity index (χ4n) is 3.25. The Hall–Kier alpha value is -2.18. The maximum atomic E-state index is 13.0. The van der Waals surface area contributed by atoms with E-state index in [4.69, 9.17) is 0 Å². The third-order valence-corrected chi connectivity index (χ3v) is 6.93. The first-order chi connectivity index (χ1) is 13.3. The lowest BCUT2D eigenvalue weighted by molar-refractivity contribution is 0.0933. The van der Waals surface area contributed by atoms with E-state index in [2.05, 4.69) is 12.2 Å². The Kier molecular flexibility index (Phi) is 7.78. The predicted molar refractivity (Wildman–Crippen MR) is 113 cm³/mol. The Balaban J connectivity index is 2.35. The highest BCUT2D eigenvalue weighted by atomic mass is 32.2. The second-order valence-corrected chi connectivity index (χ2v) is 8.73. The number of hydrogen-bond acceptors (Lipinski definition) is 3. The second-order valence-electron chi connectivity index (χ2n) is 6.79. The van der Waals surface area contributed by atoms with Crippen LogP contribution in [0.15, 0.2) is 53.4 Å². The SMILES string of the molecule is CCCC(NC(=O)c1cc(S(=O)(=O)N(CC)CC)ccc1C)c1ccccc1. The Morgan fingerprint density at radius 1 is 1.04 bits per heavy atom. The van der Waals surface area contributed by atoms with Gasteiger partial charge in [0.15, 0.2) is 0 Å². The molecule has 0 spiro atoms. The molecule has 0 fully saturated rings. The molecular formula is C22H30N2O3S. The minimum atomic E-state index is -3.61. The Bertz CT molecular complexity index is 891. The van der Waals surface area contributed by atoms with Gasteiger partial charge in [0.1, 0.15) is 0 Å². The fraction of sp³-hybridized carbons (Fsp3) is 0.409. The van der Waals surface area contributed by atoms with Crippen molar-refractivity contribution in [1.82, 2.24) is 9.62 Å². The maximum Gasteiger partial charge on any atom is 0.252 e. The topological polar surface area (TPSA) is 66.5 Å². The molecule has 0 saturated heterocycles. The summed E-state index contributed by atoms with van der Waals surface area (Å²) >= 11 is 0. The van der Waals surface area contributed by atoms with Crippen molar-refractivity contribution >= 4 is 15.9 Å². The van der Waals surface area contributed by atoms with E-state index < -0.39 is 10.0 Å². The van der Waals surface area contributed by atoms with E-state index in [9.17, 15) is 13.2 Å². The first kappa shape index (κ1) is 22.1. The smallest absolute Gasteiger partial charge is 0.252 e. The van der Waals surface area contributed by atoms with Crippen LogP contribution in [0.5, 0.6) is 0 Å². The number of carbonyl (C=O) groups is 1. The molecule has 1 amide bonds. The summed E-state index contributed by atoms with van der Waals surface area (Å²) in [6, 6.07) is 14.5. The van der Waals surface area contributed by atoms with Crippen LogP contribution in [0.4, 0.5) is 0 Å². The minimum Gasteiger partial charge on any atom is -0.345 e. The van der Waals surface area contributed by atoms with Crippen LogP contribution in [0.1, 0.15) is 61.1 Å². The highest BCUT2D eigenvalue weighted by Crippen LogP contribution is 2.22. The molecule has 1 atom stereocenters. The molecule has 2 aromatic rings. The molecule has 0 aliphatic rings. The zero-order chi connectivity index (χ0) is 20.7. The van der Waals surface area contributed by atoms with E-state index in [0.717, 1.165) is 24.0 Å². The van der Waals surface area contributed by atoms with Crippen molar-refractivity contribution in [2.75, 3.05) is 13.1 Å². The van der Waals surface area contributed by atoms with Crippen molar-refractivity contribution in [3.63, 3.8) is 0 Å². The summed E-state index contributed by atoms with van der Waals surface area (Å²) < 4.78 is 27.0. The van der Waals surface area contributed by atoms with E-state index in [1.54, 1.807) is 26.0 Å². The summed E-state index contributed by atoms with van der Waals surface area (Å²) in [5, 5.41) is 3.08. The molecule has 0 saturated carbocycles. The molecule has 5 nitrogen and oxygen atoms in total. The molecule has 0 bridgehead atoms. The summed E-state index contributed by atoms with van der Waals surface area (Å²) in [6.07, 6.45) is 1.74. The number of sulfonamides is 1. The highest BCUT2D eigenvalue weighted by Gasteiger charge is 2.24. The molecule has 0 aliphatic carbocycles. The molecule has 28 heavy (non-hydrogen) atoms. The Morgan fingerprint density at radius 3 is 2.25 bits per heavy atom. The normalized spacial score (nSPS) is 12.8. The van der Waals surface area contributed by atoms with Gasteiger partial charge in [-0.15, -0.1) is 0 Å². The summed E-state index contributed by atoms with van der Waals surface area (Å²) in [5.74, 6) is -0.253. The highest BCUT2D eigenvalue weighted by molar-refractivity contribution is 7.89. The van der Waals surface area contributed by atoms with Gasteiger partial charge in [-0.3, -0.25) is 4.79 Å². The second kappa shape index (κ2) is 9.85. The number of aryl methyl sites for hydroxylation is 1. The quantitative estimate of drug-likeness (QED) is 0.680. The van der Waals surface area contributed by atoms with E-state index in [1.165, 1.54) is 10.4 Å². The molecule has 6 heteroatoms. The zero-order valence-electron chi connectivity index (χ0n) is 17.1. The zero-order valence-corrected chi connectivity index (χ0v) is 17.9. The van der Waals surface area contributed by atoms with Crippen molar-refractivity contribution in [2.45, 2.75) is 51.5 Å². The first-order valence-corrected chi connectivity index (χ1v) is 11.3. The summed E-state index contributed by atoms with van der Waals surface area (Å²) in [4.78, 5) is 13.1. The number of rotatable bonds is 9. The van der Waals surface area contributed by atoms with E-state index in [-0.39, 0.29) is 16.8 Å². The van der Waals surface area contributed by atoms with E-state index >= 15 is 0 Å². The third kappa shape index (κ3) is 5.00. The fourth-order valence-corrected chi connectivity index (χ4v) is 4.74. The maximum absolute atomic E-state index is 13.0. The molecule has 152 valence electrons. The minimum absolute atomic E-state index is 0.110. The van der Waals surface area contributed by atoms with E-state index in [1.807, 2.05) is 37.3 Å². The van der Waals surface area contributed by atoms with Crippen LogP contribution in [0.25, 0.3) is 0 Å². The lowest BCUT2D eigenvalue weighted by Gasteiger charge is -2.21. The summed E-state index contributed by atoms with van der Waals surface area (Å²) in [5.41, 5.74) is 2.19. The number of nitrogens with zero attached hydrogens (tertiary/aromatic N) is 1. The van der Waals surface area contributed by atoms with Crippen LogP contribution >= 0.6 is 0 Å². The molecule has 1 unspecified atom stereocenters. The van der Waals surface area contributed by atoms with Crippen LogP contribution < -0.4 is 5.32 Å². The van der Waals surface area contributed by atoms with Gasteiger partial charge in [0.25, 0.3) is 5.91 Å². The Morgan fingerprint density at radius 2 is 1.68 bits per heavy atom. The Labute approximate surface area is 168 Å². The van der Waals surface area contributed by atoms with Crippen LogP contribution in [0, 0.1) is 6.92 Å². The third-order valence-electron chi connectivity index (χ3n) is 4.88. The van der Waals surface area contributed by atoms with Crippen LogP contribution in [0.3, 0.4) is 0 Å².